The number of piperidine rings is 1. The molecule has 3 rings (SSSR count). The number of ether oxygens (including phenoxy) is 1. The van der Waals surface area contributed by atoms with Crippen molar-refractivity contribution in [3.8, 4) is 0 Å². The topological polar surface area (TPSA) is 81.6 Å². The molecule has 1 amide bonds. The Morgan fingerprint density at radius 3 is 2.92 bits per heavy atom. The van der Waals surface area contributed by atoms with Crippen molar-refractivity contribution in [2.45, 2.75) is 46.3 Å². The Morgan fingerprint density at radius 1 is 1.42 bits per heavy atom. The van der Waals surface area contributed by atoms with Crippen LogP contribution in [-0.2, 0) is 16.1 Å². The van der Waals surface area contributed by atoms with Crippen molar-refractivity contribution in [2.24, 2.45) is 5.92 Å². The number of likely N-dealkylation sites (tertiary alicyclic amines) is 1. The molecular formula is C17H23N3O4. The molecule has 2 unspecified atom stereocenters. The van der Waals surface area contributed by atoms with E-state index in [2.05, 4.69) is 17.1 Å². The van der Waals surface area contributed by atoms with Crippen LogP contribution >= 0.6 is 0 Å². The van der Waals surface area contributed by atoms with E-state index in [4.69, 9.17) is 13.7 Å². The van der Waals surface area contributed by atoms with Crippen LogP contribution in [0.2, 0.25) is 0 Å². The zero-order chi connectivity index (χ0) is 17.1. The number of hydrogen-bond donors (Lipinski definition) is 0. The molecule has 0 bridgehead atoms. The molecule has 1 aliphatic heterocycles. The van der Waals surface area contributed by atoms with E-state index < -0.39 is 0 Å². The zero-order valence-corrected chi connectivity index (χ0v) is 14.3. The summed E-state index contributed by atoms with van der Waals surface area (Å²) in [7, 11) is 0. The fourth-order valence-corrected chi connectivity index (χ4v) is 3.05. The van der Waals surface area contributed by atoms with Gasteiger partial charge in [-0.3, -0.25) is 4.79 Å². The van der Waals surface area contributed by atoms with Crippen LogP contribution in [0.1, 0.15) is 49.0 Å². The van der Waals surface area contributed by atoms with Gasteiger partial charge in [0.1, 0.15) is 24.7 Å². The molecule has 2 aromatic rings. The van der Waals surface area contributed by atoms with Crippen molar-refractivity contribution >= 4 is 5.91 Å². The highest BCUT2D eigenvalue weighted by Crippen LogP contribution is 2.34. The van der Waals surface area contributed by atoms with Gasteiger partial charge in [0.05, 0.1) is 6.04 Å². The third-order valence-electron chi connectivity index (χ3n) is 4.30. The van der Waals surface area contributed by atoms with Gasteiger partial charge in [-0.05, 0) is 44.7 Å². The van der Waals surface area contributed by atoms with Crippen molar-refractivity contribution in [1.29, 1.82) is 0 Å². The number of hydrogen-bond acceptors (Lipinski definition) is 6. The smallest absolute Gasteiger partial charge is 0.252 e. The highest BCUT2D eigenvalue weighted by atomic mass is 16.5. The highest BCUT2D eigenvalue weighted by Gasteiger charge is 2.32. The van der Waals surface area contributed by atoms with Crippen molar-refractivity contribution < 1.29 is 18.5 Å². The average molecular weight is 333 g/mol. The monoisotopic (exact) mass is 333 g/mol. The molecule has 24 heavy (non-hydrogen) atoms. The van der Waals surface area contributed by atoms with Gasteiger partial charge in [0.25, 0.3) is 5.89 Å². The van der Waals surface area contributed by atoms with Gasteiger partial charge in [0.15, 0.2) is 5.82 Å². The summed E-state index contributed by atoms with van der Waals surface area (Å²) in [6.45, 7) is 6.71. The average Bonchev–Trinajstić information content (AvgIpc) is 3.15. The summed E-state index contributed by atoms with van der Waals surface area (Å²) in [6, 6.07) is 3.87. The lowest BCUT2D eigenvalue weighted by Gasteiger charge is -2.37. The first kappa shape index (κ1) is 16.7. The van der Waals surface area contributed by atoms with Gasteiger partial charge in [-0.25, -0.2) is 0 Å². The number of aromatic nitrogens is 2. The summed E-state index contributed by atoms with van der Waals surface area (Å²) in [4.78, 5) is 18.5. The quantitative estimate of drug-likeness (QED) is 0.837. The molecule has 2 aromatic heterocycles. The van der Waals surface area contributed by atoms with Crippen molar-refractivity contribution in [3.63, 3.8) is 0 Å². The molecule has 130 valence electrons. The third kappa shape index (κ3) is 3.84. The van der Waals surface area contributed by atoms with E-state index in [1.807, 2.05) is 24.0 Å². The molecule has 3 heterocycles. The minimum Gasteiger partial charge on any atom is -0.464 e. The van der Waals surface area contributed by atoms with Gasteiger partial charge in [-0.15, -0.1) is 0 Å². The van der Waals surface area contributed by atoms with Crippen molar-refractivity contribution in [1.82, 2.24) is 15.0 Å². The minimum atomic E-state index is -0.0443. The van der Waals surface area contributed by atoms with Crippen LogP contribution in [0.25, 0.3) is 0 Å². The number of furan rings is 1. The number of nitrogens with zero attached hydrogens (tertiary/aromatic N) is 3. The summed E-state index contributed by atoms with van der Waals surface area (Å²) < 4.78 is 16.2. The molecule has 0 aromatic carbocycles. The summed E-state index contributed by atoms with van der Waals surface area (Å²) in [5.74, 6) is 3.16. The summed E-state index contributed by atoms with van der Waals surface area (Å²) in [5, 5.41) is 3.69. The second-order valence-corrected chi connectivity index (χ2v) is 6.41. The standard InChI is InChI=1S/C17H23N3O4/c1-11-6-7-20(14(8-11)15-5-4-12(2)23-15)17(21)10-22-9-16-18-13(3)19-24-16/h4-5,11,14H,6-10H2,1-3H3. The first-order valence-electron chi connectivity index (χ1n) is 8.25. The zero-order valence-electron chi connectivity index (χ0n) is 14.3. The van der Waals surface area contributed by atoms with Crippen LogP contribution < -0.4 is 0 Å². The lowest BCUT2D eigenvalue weighted by Crippen LogP contribution is -2.42. The molecule has 7 heteroatoms. The second-order valence-electron chi connectivity index (χ2n) is 6.41. The maximum atomic E-state index is 12.6. The van der Waals surface area contributed by atoms with Crippen molar-refractivity contribution in [2.75, 3.05) is 13.2 Å². The van der Waals surface area contributed by atoms with Crippen LogP contribution in [0.3, 0.4) is 0 Å². The Morgan fingerprint density at radius 2 is 2.25 bits per heavy atom. The van der Waals surface area contributed by atoms with E-state index >= 15 is 0 Å². The summed E-state index contributed by atoms with van der Waals surface area (Å²) >= 11 is 0. The Labute approximate surface area is 141 Å². The molecule has 0 N–H and O–H groups in total. The molecule has 0 aliphatic carbocycles. The Balaban J connectivity index is 1.60. The Kier molecular flexibility index (Phi) is 4.99. The normalized spacial score (nSPS) is 21.2. The third-order valence-corrected chi connectivity index (χ3v) is 4.30. The number of amides is 1. The number of carbonyl (C=O) groups is 1. The predicted molar refractivity (Wildman–Crippen MR) is 85.0 cm³/mol. The first-order valence-corrected chi connectivity index (χ1v) is 8.25. The van der Waals surface area contributed by atoms with Gasteiger partial charge in [-0.2, -0.15) is 4.98 Å². The van der Waals surface area contributed by atoms with Gasteiger partial charge >= 0.3 is 0 Å². The number of carbonyl (C=O) groups excluding carboxylic acids is 1. The van der Waals surface area contributed by atoms with E-state index in [1.54, 1.807) is 6.92 Å². The lowest BCUT2D eigenvalue weighted by molar-refractivity contribution is -0.142. The molecule has 1 fully saturated rings. The number of rotatable bonds is 5. The van der Waals surface area contributed by atoms with Crippen LogP contribution in [0.15, 0.2) is 21.1 Å². The minimum absolute atomic E-state index is 0.00794. The molecule has 2 atom stereocenters. The predicted octanol–water partition coefficient (Wildman–Crippen LogP) is 2.80. The summed E-state index contributed by atoms with van der Waals surface area (Å²) in [5.41, 5.74) is 0. The lowest BCUT2D eigenvalue weighted by atomic mass is 9.91. The Bertz CT molecular complexity index is 694. The van der Waals surface area contributed by atoms with E-state index in [-0.39, 0.29) is 25.2 Å². The second kappa shape index (κ2) is 7.17. The van der Waals surface area contributed by atoms with Crippen LogP contribution in [0, 0.1) is 19.8 Å². The summed E-state index contributed by atoms with van der Waals surface area (Å²) in [6.07, 6.45) is 1.90. The van der Waals surface area contributed by atoms with E-state index in [0.29, 0.717) is 24.2 Å². The Hall–Kier alpha value is -2.15. The molecular weight excluding hydrogens is 310 g/mol. The number of aryl methyl sites for hydroxylation is 2. The fraction of sp³-hybridized carbons (Fsp3) is 0.588. The maximum Gasteiger partial charge on any atom is 0.252 e. The molecule has 0 spiro atoms. The van der Waals surface area contributed by atoms with Crippen molar-refractivity contribution in [3.05, 3.63) is 35.4 Å². The van der Waals surface area contributed by atoms with Gasteiger partial charge < -0.3 is 18.6 Å². The van der Waals surface area contributed by atoms with Gasteiger partial charge in [0.2, 0.25) is 5.91 Å². The maximum absolute atomic E-state index is 12.6. The van der Waals surface area contributed by atoms with E-state index in [9.17, 15) is 4.79 Å². The molecule has 1 saturated heterocycles. The fourth-order valence-electron chi connectivity index (χ4n) is 3.05. The molecule has 0 saturated carbocycles. The van der Waals surface area contributed by atoms with Gasteiger partial charge in [0, 0.05) is 6.54 Å². The van der Waals surface area contributed by atoms with E-state index in [0.717, 1.165) is 24.4 Å². The van der Waals surface area contributed by atoms with Gasteiger partial charge in [-0.1, -0.05) is 12.1 Å². The molecule has 1 aliphatic rings. The largest absolute Gasteiger partial charge is 0.464 e. The SMILES string of the molecule is Cc1noc(COCC(=O)N2CCC(C)CC2c2ccc(C)o2)n1. The highest BCUT2D eigenvalue weighted by molar-refractivity contribution is 5.78. The molecule has 0 radical (unpaired) electrons. The van der Waals surface area contributed by atoms with E-state index in [1.165, 1.54) is 0 Å². The molecule has 7 nitrogen and oxygen atoms in total. The van der Waals surface area contributed by atoms with Crippen LogP contribution in [0.4, 0.5) is 0 Å². The first-order chi connectivity index (χ1) is 11.5. The van der Waals surface area contributed by atoms with Crippen LogP contribution in [0.5, 0.6) is 0 Å². The van der Waals surface area contributed by atoms with Crippen LogP contribution in [-0.4, -0.2) is 34.1 Å².